The molecule has 0 atom stereocenters. The van der Waals surface area contributed by atoms with Crippen molar-refractivity contribution in [2.75, 3.05) is 18.5 Å². The van der Waals surface area contributed by atoms with Crippen molar-refractivity contribution < 1.29 is 9.53 Å². The molecular weight excluding hydrogens is 334 g/mol. The van der Waals surface area contributed by atoms with Crippen LogP contribution in [0.1, 0.15) is 36.8 Å². The van der Waals surface area contributed by atoms with E-state index >= 15 is 0 Å². The Bertz CT molecular complexity index is 781. The number of carbonyl (C=O) groups is 1. The number of ether oxygens (including phenoxy) is 1. The maximum atomic E-state index is 12.5. The molecule has 1 amide bonds. The molecule has 1 aromatic heterocycles. The summed E-state index contributed by atoms with van der Waals surface area (Å²) in [5.41, 5.74) is 10.3. The second-order valence-corrected chi connectivity index (χ2v) is 7.81. The van der Waals surface area contributed by atoms with Crippen molar-refractivity contribution in [3.8, 4) is 11.3 Å². The molecule has 1 saturated heterocycles. The molecule has 0 unspecified atom stereocenters. The number of aryl methyl sites for hydroxylation is 2. The van der Waals surface area contributed by atoms with E-state index in [1.165, 1.54) is 41.7 Å². The molecule has 2 aromatic rings. The molecule has 6 heteroatoms. The lowest BCUT2D eigenvalue weighted by Gasteiger charge is -2.31. The van der Waals surface area contributed by atoms with Gasteiger partial charge in [0.15, 0.2) is 5.13 Å². The summed E-state index contributed by atoms with van der Waals surface area (Å²) in [7, 11) is 0. The first-order valence-electron chi connectivity index (χ1n) is 8.90. The Balaban J connectivity index is 1.49. The van der Waals surface area contributed by atoms with Crippen LogP contribution in [0.4, 0.5) is 5.13 Å². The van der Waals surface area contributed by atoms with Gasteiger partial charge in [0, 0.05) is 24.2 Å². The highest BCUT2D eigenvalue weighted by Gasteiger charge is 2.36. The first-order valence-corrected chi connectivity index (χ1v) is 9.78. The molecule has 3 N–H and O–H groups in total. The van der Waals surface area contributed by atoms with E-state index in [-0.39, 0.29) is 5.91 Å². The lowest BCUT2D eigenvalue weighted by atomic mass is 9.90. The minimum absolute atomic E-state index is 0.165. The number of nitrogens with zero attached hydrogens (tertiary/aromatic N) is 1. The molecule has 0 radical (unpaired) electrons. The van der Waals surface area contributed by atoms with E-state index in [0.717, 1.165) is 17.7 Å². The predicted molar refractivity (Wildman–Crippen MR) is 99.8 cm³/mol. The third kappa shape index (κ3) is 3.47. The normalized spacial score (nSPS) is 19.2. The number of rotatable bonds is 3. The number of nitrogens with two attached hydrogens (primary N) is 1. The Morgan fingerprint density at radius 3 is 2.76 bits per heavy atom. The van der Waals surface area contributed by atoms with Crippen molar-refractivity contribution in [2.45, 2.75) is 44.1 Å². The van der Waals surface area contributed by atoms with Crippen molar-refractivity contribution >= 4 is 22.4 Å². The molecule has 2 heterocycles. The highest BCUT2D eigenvalue weighted by molar-refractivity contribution is 7.14. The second kappa shape index (κ2) is 6.86. The molecular formula is C19H23N3O2S. The average molecular weight is 357 g/mol. The number of carbonyl (C=O) groups excluding carboxylic acids is 1. The zero-order chi connectivity index (χ0) is 17.3. The van der Waals surface area contributed by atoms with Gasteiger partial charge in [-0.25, -0.2) is 4.98 Å². The first-order chi connectivity index (χ1) is 12.1. The van der Waals surface area contributed by atoms with Crippen LogP contribution in [0.15, 0.2) is 23.6 Å². The molecule has 5 nitrogen and oxygen atoms in total. The maximum absolute atomic E-state index is 12.5. The van der Waals surface area contributed by atoms with Gasteiger partial charge in [-0.1, -0.05) is 12.1 Å². The number of nitrogens with one attached hydrogen (secondary N) is 1. The van der Waals surface area contributed by atoms with Crippen molar-refractivity contribution in [3.63, 3.8) is 0 Å². The Morgan fingerprint density at radius 2 is 1.96 bits per heavy atom. The minimum Gasteiger partial charge on any atom is -0.381 e. The second-order valence-electron chi connectivity index (χ2n) is 6.95. The van der Waals surface area contributed by atoms with E-state index in [9.17, 15) is 4.79 Å². The van der Waals surface area contributed by atoms with Crippen LogP contribution in [0, 0.1) is 0 Å². The van der Waals surface area contributed by atoms with Gasteiger partial charge in [-0.15, -0.1) is 11.3 Å². The number of aromatic nitrogens is 1. The van der Waals surface area contributed by atoms with E-state index < -0.39 is 5.54 Å². The summed E-state index contributed by atoms with van der Waals surface area (Å²) in [5.74, 6) is -0.165. The lowest BCUT2D eigenvalue weighted by molar-refractivity contribution is -0.124. The van der Waals surface area contributed by atoms with Crippen LogP contribution in [0.25, 0.3) is 11.3 Å². The predicted octanol–water partition coefficient (Wildman–Crippen LogP) is 3.14. The van der Waals surface area contributed by atoms with E-state index in [1.807, 2.05) is 5.38 Å². The summed E-state index contributed by atoms with van der Waals surface area (Å²) >= 11 is 1.44. The molecule has 1 fully saturated rings. The quantitative estimate of drug-likeness (QED) is 0.885. The van der Waals surface area contributed by atoms with Gasteiger partial charge in [-0.05, 0) is 55.7 Å². The first kappa shape index (κ1) is 16.7. The zero-order valence-electron chi connectivity index (χ0n) is 14.2. The summed E-state index contributed by atoms with van der Waals surface area (Å²) in [5, 5.41) is 5.49. The third-order valence-corrected chi connectivity index (χ3v) is 5.96. The highest BCUT2D eigenvalue weighted by atomic mass is 32.1. The average Bonchev–Trinajstić information content (AvgIpc) is 3.10. The number of hydrogen-bond acceptors (Lipinski definition) is 5. The SMILES string of the molecule is NC1(C(=O)Nc2nc(-c3ccc4c(c3)CCCC4)cs2)CCOCC1. The van der Waals surface area contributed by atoms with Crippen molar-refractivity contribution in [1.82, 2.24) is 4.98 Å². The van der Waals surface area contributed by atoms with Gasteiger partial charge in [0.1, 0.15) is 5.54 Å². The fourth-order valence-corrected chi connectivity index (χ4v) is 4.26. The molecule has 1 aliphatic heterocycles. The molecule has 1 aromatic carbocycles. The molecule has 2 aliphatic rings. The van der Waals surface area contributed by atoms with Crippen molar-refractivity contribution in [3.05, 3.63) is 34.7 Å². The summed E-state index contributed by atoms with van der Waals surface area (Å²) in [4.78, 5) is 17.1. The number of amides is 1. The van der Waals surface area contributed by atoms with Crippen LogP contribution < -0.4 is 11.1 Å². The summed E-state index contributed by atoms with van der Waals surface area (Å²) in [6, 6.07) is 6.60. The van der Waals surface area contributed by atoms with E-state index in [1.54, 1.807) is 0 Å². The molecule has 0 spiro atoms. The summed E-state index contributed by atoms with van der Waals surface area (Å²) in [6.07, 6.45) is 5.96. The van der Waals surface area contributed by atoms with E-state index in [0.29, 0.717) is 31.2 Å². The summed E-state index contributed by atoms with van der Waals surface area (Å²) < 4.78 is 5.30. The van der Waals surface area contributed by atoms with Gasteiger partial charge in [0.05, 0.1) is 5.69 Å². The topological polar surface area (TPSA) is 77.2 Å². The van der Waals surface area contributed by atoms with Gasteiger partial charge in [-0.3, -0.25) is 4.79 Å². The number of fused-ring (bicyclic) bond motifs is 1. The fraction of sp³-hybridized carbons (Fsp3) is 0.474. The van der Waals surface area contributed by atoms with Crippen LogP contribution in [-0.4, -0.2) is 29.6 Å². The minimum atomic E-state index is -0.851. The van der Waals surface area contributed by atoms with Crippen molar-refractivity contribution in [1.29, 1.82) is 0 Å². The maximum Gasteiger partial charge on any atom is 0.246 e. The van der Waals surface area contributed by atoms with E-state index in [2.05, 4.69) is 28.5 Å². The van der Waals surface area contributed by atoms with Crippen molar-refractivity contribution in [2.24, 2.45) is 5.73 Å². The Hall–Kier alpha value is -1.76. The Morgan fingerprint density at radius 1 is 1.20 bits per heavy atom. The zero-order valence-corrected chi connectivity index (χ0v) is 15.0. The fourth-order valence-electron chi connectivity index (χ4n) is 3.54. The number of anilines is 1. The van der Waals surface area contributed by atoms with Crippen LogP contribution in [0.3, 0.4) is 0 Å². The number of benzene rings is 1. The molecule has 0 saturated carbocycles. The Labute approximate surface area is 151 Å². The molecule has 0 bridgehead atoms. The lowest BCUT2D eigenvalue weighted by Crippen LogP contribution is -2.54. The van der Waals surface area contributed by atoms with Gasteiger partial charge < -0.3 is 15.8 Å². The summed E-state index contributed by atoms with van der Waals surface area (Å²) in [6.45, 7) is 1.06. The smallest absolute Gasteiger partial charge is 0.246 e. The molecule has 1 aliphatic carbocycles. The van der Waals surface area contributed by atoms with Gasteiger partial charge in [0.25, 0.3) is 0 Å². The van der Waals surface area contributed by atoms with E-state index in [4.69, 9.17) is 10.5 Å². The standard InChI is InChI=1S/C19H23N3O2S/c20-19(7-9-24-10-8-19)17(23)22-18-21-16(12-25-18)15-6-5-13-3-1-2-4-14(13)11-15/h5-6,11-12H,1-4,7-10,20H2,(H,21,22,23). The van der Waals surface area contributed by atoms with Crippen LogP contribution in [0.2, 0.25) is 0 Å². The third-order valence-electron chi connectivity index (χ3n) is 5.21. The molecule has 132 valence electrons. The van der Waals surface area contributed by atoms with Gasteiger partial charge in [-0.2, -0.15) is 0 Å². The van der Waals surface area contributed by atoms with Crippen LogP contribution in [0.5, 0.6) is 0 Å². The Kier molecular flexibility index (Phi) is 4.58. The number of thiazole rings is 1. The molecule has 4 rings (SSSR count). The van der Waals surface area contributed by atoms with Gasteiger partial charge in [0.2, 0.25) is 5.91 Å². The molecule has 25 heavy (non-hydrogen) atoms. The van der Waals surface area contributed by atoms with Gasteiger partial charge >= 0.3 is 0 Å². The largest absolute Gasteiger partial charge is 0.381 e. The monoisotopic (exact) mass is 357 g/mol. The number of hydrogen-bond donors (Lipinski definition) is 2. The van der Waals surface area contributed by atoms with Crippen LogP contribution >= 0.6 is 11.3 Å². The highest BCUT2D eigenvalue weighted by Crippen LogP contribution is 2.30. The van der Waals surface area contributed by atoms with Crippen LogP contribution in [-0.2, 0) is 22.4 Å².